The van der Waals surface area contributed by atoms with Crippen molar-refractivity contribution in [2.75, 3.05) is 6.54 Å². The lowest BCUT2D eigenvalue weighted by Gasteiger charge is -2.23. The van der Waals surface area contributed by atoms with Gasteiger partial charge in [0.15, 0.2) is 6.23 Å². The number of unbranched alkanes of at least 4 members (excludes halogenated alkanes) is 1. The molecule has 0 bridgehead atoms. The van der Waals surface area contributed by atoms with Crippen molar-refractivity contribution in [1.82, 2.24) is 4.90 Å². The zero-order valence-electron chi connectivity index (χ0n) is 19.9. The number of allylic oxidation sites excluding steroid dienone is 5. The van der Waals surface area contributed by atoms with E-state index >= 15 is 0 Å². The number of fused-ring (bicyclic) bond motifs is 1. The molecule has 0 radical (unpaired) electrons. The molecule has 5 nitrogen and oxygen atoms in total. The number of phenolic OH excluding ortho intramolecular Hbond substituents is 2. The molecule has 5 heteroatoms. The topological polar surface area (TPSA) is 81.0 Å². The maximum atomic E-state index is 12.8. The van der Waals surface area contributed by atoms with Crippen molar-refractivity contribution in [3.05, 3.63) is 125 Å². The Bertz CT molecular complexity index is 1280. The van der Waals surface area contributed by atoms with Crippen LogP contribution in [0.15, 0.2) is 103 Å². The van der Waals surface area contributed by atoms with Crippen LogP contribution in [0.4, 0.5) is 0 Å². The lowest BCUT2D eigenvalue weighted by atomic mass is 9.84. The molecule has 3 N–H and O–H groups in total. The molecule has 0 saturated carbocycles. The number of aliphatic hydroxyl groups is 1. The van der Waals surface area contributed by atoms with Gasteiger partial charge in [-0.2, -0.15) is 0 Å². The molecule has 36 heavy (non-hydrogen) atoms. The Labute approximate surface area is 211 Å². The van der Waals surface area contributed by atoms with Crippen LogP contribution in [0.1, 0.15) is 52.5 Å². The summed E-state index contributed by atoms with van der Waals surface area (Å²) in [7, 11) is 0. The van der Waals surface area contributed by atoms with Gasteiger partial charge >= 0.3 is 0 Å². The number of benzene rings is 3. The van der Waals surface area contributed by atoms with Crippen LogP contribution in [-0.4, -0.2) is 32.7 Å². The number of carbonyl (C=O) groups is 1. The van der Waals surface area contributed by atoms with Crippen LogP contribution >= 0.6 is 0 Å². The zero-order valence-corrected chi connectivity index (χ0v) is 19.9. The number of hydrogen-bond donors (Lipinski definition) is 3. The molecule has 182 valence electrons. The molecule has 5 rings (SSSR count). The first-order chi connectivity index (χ1) is 17.5. The van der Waals surface area contributed by atoms with Crippen LogP contribution in [0.2, 0.25) is 0 Å². The normalized spacial score (nSPS) is 16.5. The molecular weight excluding hydrogens is 450 g/mol. The second kappa shape index (κ2) is 10.3. The fourth-order valence-corrected chi connectivity index (χ4v) is 5.09. The summed E-state index contributed by atoms with van der Waals surface area (Å²) in [6.45, 7) is 0.478. The third-order valence-electron chi connectivity index (χ3n) is 6.90. The second-order valence-electron chi connectivity index (χ2n) is 9.21. The number of carbonyl (C=O) groups excluding carboxylic acids is 1. The molecule has 1 aliphatic carbocycles. The number of phenols is 2. The van der Waals surface area contributed by atoms with Crippen LogP contribution in [0, 0.1) is 5.92 Å². The van der Waals surface area contributed by atoms with Gasteiger partial charge in [-0.3, -0.25) is 4.79 Å². The van der Waals surface area contributed by atoms with Gasteiger partial charge < -0.3 is 20.2 Å². The molecule has 3 aromatic carbocycles. The molecule has 3 aromatic rings. The monoisotopic (exact) mass is 479 g/mol. The number of amides is 1. The van der Waals surface area contributed by atoms with Gasteiger partial charge in [0.05, 0.1) is 0 Å². The van der Waals surface area contributed by atoms with Crippen LogP contribution in [-0.2, 0) is 0 Å². The molecule has 1 heterocycles. The van der Waals surface area contributed by atoms with Crippen LogP contribution in [0.3, 0.4) is 0 Å². The van der Waals surface area contributed by atoms with E-state index in [9.17, 15) is 20.1 Å². The van der Waals surface area contributed by atoms with Crippen molar-refractivity contribution in [2.45, 2.75) is 25.5 Å². The van der Waals surface area contributed by atoms with Crippen LogP contribution in [0.25, 0.3) is 5.57 Å². The van der Waals surface area contributed by atoms with E-state index in [-0.39, 0.29) is 23.3 Å². The second-order valence-corrected chi connectivity index (χ2v) is 9.21. The fraction of sp³-hybridized carbons (Fsp3) is 0.194. The highest BCUT2D eigenvalue weighted by atomic mass is 16.3. The molecule has 2 aliphatic rings. The van der Waals surface area contributed by atoms with Gasteiger partial charge in [0.1, 0.15) is 11.5 Å². The highest BCUT2D eigenvalue weighted by Gasteiger charge is 2.34. The van der Waals surface area contributed by atoms with Gasteiger partial charge in [-0.05, 0) is 66.3 Å². The van der Waals surface area contributed by atoms with E-state index < -0.39 is 6.23 Å². The minimum Gasteiger partial charge on any atom is -0.508 e. The number of aromatic hydroxyl groups is 2. The van der Waals surface area contributed by atoms with E-state index in [2.05, 4.69) is 12.2 Å². The predicted molar refractivity (Wildman–Crippen MR) is 140 cm³/mol. The third kappa shape index (κ3) is 4.70. The van der Waals surface area contributed by atoms with E-state index in [4.69, 9.17) is 0 Å². The van der Waals surface area contributed by atoms with Gasteiger partial charge in [0.25, 0.3) is 5.91 Å². The Balaban J connectivity index is 1.40. The Kier molecular flexibility index (Phi) is 6.74. The Morgan fingerprint density at radius 1 is 0.778 bits per heavy atom. The van der Waals surface area contributed by atoms with E-state index in [1.54, 1.807) is 41.3 Å². The molecule has 0 aromatic heterocycles. The minimum atomic E-state index is -0.894. The fourth-order valence-electron chi connectivity index (χ4n) is 5.09. The summed E-state index contributed by atoms with van der Waals surface area (Å²) < 4.78 is 0. The summed E-state index contributed by atoms with van der Waals surface area (Å²) in [6, 6.07) is 21.6. The van der Waals surface area contributed by atoms with E-state index in [0.29, 0.717) is 17.7 Å². The first kappa shape index (κ1) is 23.6. The smallest absolute Gasteiger partial charge is 0.256 e. The van der Waals surface area contributed by atoms with E-state index in [1.165, 1.54) is 5.57 Å². The predicted octanol–water partition coefficient (Wildman–Crippen LogP) is 5.96. The highest BCUT2D eigenvalue weighted by molar-refractivity contribution is 5.98. The zero-order chi connectivity index (χ0) is 25.1. The van der Waals surface area contributed by atoms with Gasteiger partial charge in [-0.15, -0.1) is 0 Å². The SMILES string of the molecule is O=C1c2ccccc2C(O)N1CCCCC(=C(c1ccc(O)cc1)c1ccc(O)cc1)C1C=CC=C1. The standard InChI is InChI=1S/C31H29NO4/c33-24-16-12-22(13-17-24)29(23-14-18-25(34)19-15-23)26(21-7-1-2-8-21)9-5-6-20-32-30(35)27-10-3-4-11-28(27)31(32)36/h1-4,7-8,10-19,21,30,33-35H,5-6,9,20H2. The molecule has 1 atom stereocenters. The maximum Gasteiger partial charge on any atom is 0.256 e. The highest BCUT2D eigenvalue weighted by Crippen LogP contribution is 2.37. The van der Waals surface area contributed by atoms with Crippen molar-refractivity contribution in [1.29, 1.82) is 0 Å². The number of hydrogen-bond acceptors (Lipinski definition) is 4. The number of aliphatic hydroxyl groups excluding tert-OH is 1. The molecule has 0 saturated heterocycles. The average molecular weight is 480 g/mol. The van der Waals surface area contributed by atoms with E-state index in [0.717, 1.165) is 36.0 Å². The van der Waals surface area contributed by atoms with Crippen molar-refractivity contribution < 1.29 is 20.1 Å². The number of rotatable bonds is 8. The minimum absolute atomic E-state index is 0.121. The van der Waals surface area contributed by atoms with Crippen LogP contribution < -0.4 is 0 Å². The third-order valence-corrected chi connectivity index (χ3v) is 6.90. The first-order valence-electron chi connectivity index (χ1n) is 12.3. The van der Waals surface area contributed by atoms with Crippen molar-refractivity contribution in [2.24, 2.45) is 5.92 Å². The van der Waals surface area contributed by atoms with Gasteiger partial charge in [0, 0.05) is 23.6 Å². The molecule has 0 spiro atoms. The van der Waals surface area contributed by atoms with Crippen molar-refractivity contribution in [3.63, 3.8) is 0 Å². The van der Waals surface area contributed by atoms with Crippen molar-refractivity contribution >= 4 is 11.5 Å². The molecule has 1 amide bonds. The van der Waals surface area contributed by atoms with Crippen LogP contribution in [0.5, 0.6) is 11.5 Å². The summed E-state index contributed by atoms with van der Waals surface area (Å²) in [5.74, 6) is 0.428. The Morgan fingerprint density at radius 2 is 1.36 bits per heavy atom. The Hall–Kier alpha value is -4.09. The quantitative estimate of drug-likeness (QED) is 0.348. The summed E-state index contributed by atoms with van der Waals surface area (Å²) in [4.78, 5) is 14.3. The largest absolute Gasteiger partial charge is 0.508 e. The summed E-state index contributed by atoms with van der Waals surface area (Å²) in [5.41, 5.74) is 5.53. The Morgan fingerprint density at radius 3 is 1.94 bits per heavy atom. The lowest BCUT2D eigenvalue weighted by molar-refractivity contribution is 0.0170. The summed E-state index contributed by atoms with van der Waals surface area (Å²) >= 11 is 0. The summed E-state index contributed by atoms with van der Waals surface area (Å²) in [5, 5.41) is 30.4. The van der Waals surface area contributed by atoms with Gasteiger partial charge in [-0.1, -0.05) is 72.3 Å². The van der Waals surface area contributed by atoms with E-state index in [1.807, 2.05) is 48.6 Å². The molecule has 1 aliphatic heterocycles. The van der Waals surface area contributed by atoms with Gasteiger partial charge in [-0.25, -0.2) is 0 Å². The average Bonchev–Trinajstić information content (AvgIpc) is 3.51. The molecule has 0 fully saturated rings. The van der Waals surface area contributed by atoms with Gasteiger partial charge in [0.2, 0.25) is 0 Å². The lowest BCUT2D eigenvalue weighted by Crippen LogP contribution is -2.29. The molecular formula is C31H29NO4. The molecule has 1 unspecified atom stereocenters. The first-order valence-corrected chi connectivity index (χ1v) is 12.3. The maximum absolute atomic E-state index is 12.8. The number of nitrogens with zero attached hydrogens (tertiary/aromatic N) is 1. The summed E-state index contributed by atoms with van der Waals surface area (Å²) in [6.07, 6.45) is 9.91. The van der Waals surface area contributed by atoms with Crippen molar-refractivity contribution in [3.8, 4) is 11.5 Å².